The molecular formula is C25H29N3O. The topological polar surface area (TPSA) is 38.1 Å². The summed E-state index contributed by atoms with van der Waals surface area (Å²) in [7, 11) is 0. The van der Waals surface area contributed by atoms with Crippen LogP contribution in [-0.4, -0.2) is 33.4 Å². The molecule has 0 N–H and O–H groups in total. The summed E-state index contributed by atoms with van der Waals surface area (Å²) in [4.78, 5) is 19.3. The quantitative estimate of drug-likeness (QED) is 0.568. The first-order chi connectivity index (χ1) is 13.9. The molecule has 0 atom stereocenters. The molecule has 2 aromatic carbocycles. The summed E-state index contributed by atoms with van der Waals surface area (Å²) in [5, 5.41) is 0. The second kappa shape index (κ2) is 7.86. The van der Waals surface area contributed by atoms with Gasteiger partial charge in [-0.3, -0.25) is 9.36 Å². The molecule has 1 fully saturated rings. The van der Waals surface area contributed by atoms with Crippen molar-refractivity contribution in [3.05, 3.63) is 66.0 Å². The van der Waals surface area contributed by atoms with Gasteiger partial charge in [-0.1, -0.05) is 39.0 Å². The highest BCUT2D eigenvalue weighted by molar-refractivity contribution is 5.95. The lowest BCUT2D eigenvalue weighted by Crippen LogP contribution is -2.34. The lowest BCUT2D eigenvalue weighted by atomic mass is 9.85. The van der Waals surface area contributed by atoms with Gasteiger partial charge in [0.05, 0.1) is 11.0 Å². The van der Waals surface area contributed by atoms with E-state index in [2.05, 4.69) is 54.6 Å². The van der Waals surface area contributed by atoms with Gasteiger partial charge < -0.3 is 4.90 Å². The number of imidazole rings is 1. The van der Waals surface area contributed by atoms with Crippen molar-refractivity contribution >= 4 is 23.0 Å². The van der Waals surface area contributed by atoms with E-state index < -0.39 is 0 Å². The molecule has 0 bridgehead atoms. The molecular weight excluding hydrogens is 358 g/mol. The number of nitrogens with zero attached hydrogens (tertiary/aromatic N) is 3. The van der Waals surface area contributed by atoms with Crippen molar-refractivity contribution < 1.29 is 4.79 Å². The average Bonchev–Trinajstić information content (AvgIpc) is 3.17. The second-order valence-electron chi connectivity index (χ2n) is 8.85. The van der Waals surface area contributed by atoms with Crippen molar-refractivity contribution in [2.24, 2.45) is 0 Å². The van der Waals surface area contributed by atoms with Crippen LogP contribution in [-0.2, 0) is 10.2 Å². The standard InChI is InChI=1S/C25H29N3O/c1-25(2,3)20-16-19(12-13-23(29)27-14-8-5-9-15-27)24-22(17-20)26-18-28(24)21-10-6-4-7-11-21/h4,6-7,10-13,16-18H,5,8-9,14-15H2,1-3H3/b13-12+. The number of likely N-dealkylation sites (tertiary alicyclic amines) is 1. The van der Waals surface area contributed by atoms with Gasteiger partial charge in [0.15, 0.2) is 0 Å². The van der Waals surface area contributed by atoms with Crippen LogP contribution >= 0.6 is 0 Å². The number of carbonyl (C=O) groups is 1. The van der Waals surface area contributed by atoms with Crippen LogP contribution < -0.4 is 0 Å². The van der Waals surface area contributed by atoms with E-state index in [4.69, 9.17) is 0 Å². The summed E-state index contributed by atoms with van der Waals surface area (Å²) in [6, 6.07) is 14.6. The van der Waals surface area contributed by atoms with Gasteiger partial charge in [0, 0.05) is 30.4 Å². The molecule has 0 unspecified atom stereocenters. The Morgan fingerprint density at radius 1 is 1.03 bits per heavy atom. The maximum atomic E-state index is 12.7. The number of benzene rings is 2. The maximum absolute atomic E-state index is 12.7. The zero-order chi connectivity index (χ0) is 20.4. The first kappa shape index (κ1) is 19.4. The number of para-hydroxylation sites is 1. The van der Waals surface area contributed by atoms with Crippen molar-refractivity contribution in [1.29, 1.82) is 0 Å². The predicted molar refractivity (Wildman–Crippen MR) is 119 cm³/mol. The summed E-state index contributed by atoms with van der Waals surface area (Å²) in [5.74, 6) is 0.102. The Kier molecular flexibility index (Phi) is 5.27. The van der Waals surface area contributed by atoms with Crippen molar-refractivity contribution in [2.75, 3.05) is 13.1 Å². The van der Waals surface area contributed by atoms with Crippen LogP contribution in [0.15, 0.2) is 54.9 Å². The third-order valence-corrected chi connectivity index (χ3v) is 5.65. The molecule has 3 aromatic rings. The molecule has 0 saturated carbocycles. The van der Waals surface area contributed by atoms with Gasteiger partial charge in [0.25, 0.3) is 0 Å². The van der Waals surface area contributed by atoms with E-state index in [-0.39, 0.29) is 11.3 Å². The molecule has 1 amide bonds. The monoisotopic (exact) mass is 387 g/mol. The molecule has 29 heavy (non-hydrogen) atoms. The van der Waals surface area contributed by atoms with E-state index in [1.54, 1.807) is 6.08 Å². The summed E-state index contributed by atoms with van der Waals surface area (Å²) < 4.78 is 2.10. The number of hydrogen-bond acceptors (Lipinski definition) is 2. The van der Waals surface area contributed by atoms with E-state index in [0.29, 0.717) is 0 Å². The molecule has 4 rings (SSSR count). The summed E-state index contributed by atoms with van der Waals surface area (Å²) in [6.07, 6.45) is 8.99. The Hall–Kier alpha value is -2.88. The molecule has 2 heterocycles. The van der Waals surface area contributed by atoms with E-state index in [1.807, 2.05) is 35.5 Å². The molecule has 1 saturated heterocycles. The molecule has 4 heteroatoms. The normalized spacial score (nSPS) is 15.3. The average molecular weight is 388 g/mol. The minimum Gasteiger partial charge on any atom is -0.339 e. The minimum atomic E-state index is 0.00415. The first-order valence-corrected chi connectivity index (χ1v) is 10.5. The van der Waals surface area contributed by atoms with Crippen LogP contribution in [0.3, 0.4) is 0 Å². The fourth-order valence-electron chi connectivity index (χ4n) is 3.90. The smallest absolute Gasteiger partial charge is 0.246 e. The lowest BCUT2D eigenvalue weighted by molar-refractivity contribution is -0.126. The van der Waals surface area contributed by atoms with E-state index in [1.165, 1.54) is 12.0 Å². The molecule has 150 valence electrons. The summed E-state index contributed by atoms with van der Waals surface area (Å²) in [5.41, 5.74) is 5.30. The number of aromatic nitrogens is 2. The predicted octanol–water partition coefficient (Wildman–Crippen LogP) is 5.35. The van der Waals surface area contributed by atoms with Gasteiger partial charge in [-0.2, -0.15) is 0 Å². The number of rotatable bonds is 3. The third kappa shape index (κ3) is 4.12. The third-order valence-electron chi connectivity index (χ3n) is 5.65. The Balaban J connectivity index is 1.80. The molecule has 1 aliphatic rings. The van der Waals surface area contributed by atoms with Gasteiger partial charge in [0.1, 0.15) is 6.33 Å². The van der Waals surface area contributed by atoms with E-state index in [9.17, 15) is 4.79 Å². The molecule has 4 nitrogen and oxygen atoms in total. The Bertz CT molecular complexity index is 1040. The maximum Gasteiger partial charge on any atom is 0.246 e. The molecule has 1 aromatic heterocycles. The summed E-state index contributed by atoms with van der Waals surface area (Å²) in [6.45, 7) is 8.34. The Morgan fingerprint density at radius 2 is 1.76 bits per heavy atom. The van der Waals surface area contributed by atoms with Gasteiger partial charge in [0.2, 0.25) is 5.91 Å². The largest absolute Gasteiger partial charge is 0.339 e. The Morgan fingerprint density at radius 3 is 2.45 bits per heavy atom. The van der Waals surface area contributed by atoms with Gasteiger partial charge in [-0.05, 0) is 60.6 Å². The van der Waals surface area contributed by atoms with Crippen LogP contribution in [0.5, 0.6) is 0 Å². The van der Waals surface area contributed by atoms with Gasteiger partial charge in [-0.15, -0.1) is 0 Å². The van der Waals surface area contributed by atoms with Crippen molar-refractivity contribution in [2.45, 2.75) is 45.4 Å². The zero-order valence-electron chi connectivity index (χ0n) is 17.6. The lowest BCUT2D eigenvalue weighted by Gasteiger charge is -2.25. The van der Waals surface area contributed by atoms with Crippen LogP contribution in [0.25, 0.3) is 22.8 Å². The second-order valence-corrected chi connectivity index (χ2v) is 8.85. The number of piperidine rings is 1. The Labute approximate surface area is 172 Å². The number of amides is 1. The van der Waals surface area contributed by atoms with Crippen LogP contribution in [0.2, 0.25) is 0 Å². The minimum absolute atomic E-state index is 0.00415. The van der Waals surface area contributed by atoms with Crippen molar-refractivity contribution in [3.63, 3.8) is 0 Å². The first-order valence-electron chi connectivity index (χ1n) is 10.5. The van der Waals surface area contributed by atoms with E-state index in [0.717, 1.165) is 48.2 Å². The fourth-order valence-corrected chi connectivity index (χ4v) is 3.90. The van der Waals surface area contributed by atoms with E-state index >= 15 is 0 Å². The SMILES string of the molecule is CC(C)(C)c1cc(/C=C/C(=O)N2CCCCC2)c2c(c1)ncn2-c1ccccc1. The van der Waals surface area contributed by atoms with Gasteiger partial charge >= 0.3 is 0 Å². The highest BCUT2D eigenvalue weighted by Crippen LogP contribution is 2.30. The highest BCUT2D eigenvalue weighted by atomic mass is 16.2. The molecule has 0 spiro atoms. The fraction of sp³-hybridized carbons (Fsp3) is 0.360. The number of hydrogen-bond donors (Lipinski definition) is 0. The van der Waals surface area contributed by atoms with Crippen molar-refractivity contribution in [3.8, 4) is 5.69 Å². The van der Waals surface area contributed by atoms with Crippen LogP contribution in [0.4, 0.5) is 0 Å². The zero-order valence-corrected chi connectivity index (χ0v) is 17.6. The van der Waals surface area contributed by atoms with Gasteiger partial charge in [-0.25, -0.2) is 4.98 Å². The van der Waals surface area contributed by atoms with Crippen molar-refractivity contribution in [1.82, 2.24) is 14.5 Å². The van der Waals surface area contributed by atoms with Crippen LogP contribution in [0.1, 0.15) is 51.2 Å². The molecule has 1 aliphatic heterocycles. The number of carbonyl (C=O) groups excluding carboxylic acids is 1. The number of fused-ring (bicyclic) bond motifs is 1. The molecule has 0 aliphatic carbocycles. The molecule has 0 radical (unpaired) electrons. The summed E-state index contributed by atoms with van der Waals surface area (Å²) >= 11 is 0. The highest BCUT2D eigenvalue weighted by Gasteiger charge is 2.19. The van der Waals surface area contributed by atoms with Crippen LogP contribution in [0, 0.1) is 0 Å².